The van der Waals surface area contributed by atoms with Gasteiger partial charge in [0.1, 0.15) is 5.69 Å². The molecule has 0 fully saturated rings. The minimum absolute atomic E-state index is 0.229. The first-order chi connectivity index (χ1) is 11.8. The highest BCUT2D eigenvalue weighted by molar-refractivity contribution is 5.93. The first-order valence-corrected chi connectivity index (χ1v) is 7.58. The molecule has 6 heteroatoms. The standard InChI is InChI=1S/C18H17N5O/c24-18(23-13-16-3-1-2-7-20-16)17-11-15(6-10-21-17)22-12-14-4-8-19-9-5-14/h1-11H,12-13H2,(H,21,22)(H,23,24). The normalized spacial score (nSPS) is 10.2. The number of anilines is 1. The third-order valence-corrected chi connectivity index (χ3v) is 3.39. The molecule has 6 nitrogen and oxygen atoms in total. The zero-order valence-electron chi connectivity index (χ0n) is 13.0. The molecule has 0 saturated heterocycles. The van der Waals surface area contributed by atoms with Gasteiger partial charge in [0.25, 0.3) is 5.91 Å². The molecule has 0 atom stereocenters. The van der Waals surface area contributed by atoms with E-state index in [9.17, 15) is 4.79 Å². The Hall–Kier alpha value is -3.28. The van der Waals surface area contributed by atoms with Crippen molar-refractivity contribution in [3.63, 3.8) is 0 Å². The van der Waals surface area contributed by atoms with Crippen molar-refractivity contribution in [3.8, 4) is 0 Å². The highest BCUT2D eigenvalue weighted by atomic mass is 16.1. The van der Waals surface area contributed by atoms with Gasteiger partial charge in [-0.25, -0.2) is 0 Å². The molecule has 0 radical (unpaired) electrons. The van der Waals surface area contributed by atoms with E-state index in [-0.39, 0.29) is 5.91 Å². The molecule has 0 aromatic carbocycles. The average Bonchev–Trinajstić information content (AvgIpc) is 2.66. The van der Waals surface area contributed by atoms with E-state index in [0.717, 1.165) is 16.9 Å². The summed E-state index contributed by atoms with van der Waals surface area (Å²) in [4.78, 5) is 24.5. The van der Waals surface area contributed by atoms with Gasteiger partial charge in [-0.3, -0.25) is 19.7 Å². The minimum Gasteiger partial charge on any atom is -0.381 e. The molecule has 120 valence electrons. The van der Waals surface area contributed by atoms with Crippen molar-refractivity contribution >= 4 is 11.6 Å². The van der Waals surface area contributed by atoms with Gasteiger partial charge in [-0.1, -0.05) is 6.07 Å². The number of nitrogens with zero attached hydrogens (tertiary/aromatic N) is 3. The van der Waals surface area contributed by atoms with Crippen LogP contribution in [0, 0.1) is 0 Å². The molecule has 0 aliphatic rings. The van der Waals surface area contributed by atoms with E-state index in [0.29, 0.717) is 18.8 Å². The van der Waals surface area contributed by atoms with Gasteiger partial charge in [-0.15, -0.1) is 0 Å². The SMILES string of the molecule is O=C(NCc1ccccn1)c1cc(NCc2ccncc2)ccn1. The van der Waals surface area contributed by atoms with Crippen molar-refractivity contribution in [2.45, 2.75) is 13.1 Å². The number of pyridine rings is 3. The van der Waals surface area contributed by atoms with E-state index >= 15 is 0 Å². The van der Waals surface area contributed by atoms with Gasteiger partial charge in [0, 0.05) is 37.0 Å². The van der Waals surface area contributed by atoms with Gasteiger partial charge >= 0.3 is 0 Å². The first-order valence-electron chi connectivity index (χ1n) is 7.58. The van der Waals surface area contributed by atoms with Crippen LogP contribution in [0.3, 0.4) is 0 Å². The Labute approximate surface area is 140 Å². The predicted octanol–water partition coefficient (Wildman–Crippen LogP) is 2.41. The number of amides is 1. The second-order valence-corrected chi connectivity index (χ2v) is 5.14. The quantitative estimate of drug-likeness (QED) is 0.729. The Bertz CT molecular complexity index is 793. The van der Waals surface area contributed by atoms with Crippen LogP contribution in [0.15, 0.2) is 67.3 Å². The summed E-state index contributed by atoms with van der Waals surface area (Å²) in [5, 5.41) is 6.09. The molecule has 1 amide bonds. The summed E-state index contributed by atoms with van der Waals surface area (Å²) in [5.41, 5.74) is 3.12. The molecule has 0 aliphatic heterocycles. The lowest BCUT2D eigenvalue weighted by molar-refractivity contribution is 0.0945. The van der Waals surface area contributed by atoms with Crippen LogP contribution in [0.25, 0.3) is 0 Å². The van der Waals surface area contributed by atoms with E-state index in [4.69, 9.17) is 0 Å². The Kier molecular flexibility index (Phi) is 5.09. The number of carbonyl (C=O) groups is 1. The number of rotatable bonds is 6. The summed E-state index contributed by atoms with van der Waals surface area (Å²) >= 11 is 0. The zero-order chi connectivity index (χ0) is 16.6. The van der Waals surface area contributed by atoms with Gasteiger partial charge in [0.05, 0.1) is 12.2 Å². The second-order valence-electron chi connectivity index (χ2n) is 5.14. The van der Waals surface area contributed by atoms with Crippen LogP contribution >= 0.6 is 0 Å². The molecule has 3 aromatic rings. The Morgan fingerprint density at radius 1 is 0.917 bits per heavy atom. The summed E-state index contributed by atoms with van der Waals surface area (Å²) in [7, 11) is 0. The predicted molar refractivity (Wildman–Crippen MR) is 91.2 cm³/mol. The molecule has 3 heterocycles. The highest BCUT2D eigenvalue weighted by Crippen LogP contribution is 2.10. The summed E-state index contributed by atoms with van der Waals surface area (Å²) in [6.45, 7) is 1.03. The number of hydrogen-bond donors (Lipinski definition) is 2. The molecule has 0 unspecified atom stereocenters. The van der Waals surface area contributed by atoms with E-state index < -0.39 is 0 Å². The van der Waals surface area contributed by atoms with Crippen LogP contribution < -0.4 is 10.6 Å². The molecule has 24 heavy (non-hydrogen) atoms. The lowest BCUT2D eigenvalue weighted by atomic mass is 10.2. The van der Waals surface area contributed by atoms with Gasteiger partial charge in [0.15, 0.2) is 0 Å². The van der Waals surface area contributed by atoms with Gasteiger partial charge in [-0.2, -0.15) is 0 Å². The maximum absolute atomic E-state index is 12.2. The second kappa shape index (κ2) is 7.82. The molecule has 3 rings (SSSR count). The molecule has 0 bridgehead atoms. The van der Waals surface area contributed by atoms with E-state index in [2.05, 4.69) is 25.6 Å². The Morgan fingerprint density at radius 3 is 2.58 bits per heavy atom. The maximum atomic E-state index is 12.2. The maximum Gasteiger partial charge on any atom is 0.270 e. The monoisotopic (exact) mass is 319 g/mol. The van der Waals surface area contributed by atoms with Gasteiger partial charge < -0.3 is 10.6 Å². The zero-order valence-corrected chi connectivity index (χ0v) is 13.0. The smallest absolute Gasteiger partial charge is 0.270 e. The van der Waals surface area contributed by atoms with E-state index in [1.165, 1.54) is 0 Å². The largest absolute Gasteiger partial charge is 0.381 e. The van der Waals surface area contributed by atoms with Crippen LogP contribution in [-0.4, -0.2) is 20.9 Å². The first kappa shape index (κ1) is 15.6. The highest BCUT2D eigenvalue weighted by Gasteiger charge is 2.08. The van der Waals surface area contributed by atoms with E-state index in [1.807, 2.05) is 36.4 Å². The molecule has 0 aliphatic carbocycles. The number of carbonyl (C=O) groups excluding carboxylic acids is 1. The minimum atomic E-state index is -0.229. The summed E-state index contributed by atoms with van der Waals surface area (Å²) < 4.78 is 0. The summed E-state index contributed by atoms with van der Waals surface area (Å²) in [6, 6.07) is 13.0. The topological polar surface area (TPSA) is 79.8 Å². The van der Waals surface area contributed by atoms with Crippen molar-refractivity contribution in [1.82, 2.24) is 20.3 Å². The van der Waals surface area contributed by atoms with Crippen LogP contribution in [-0.2, 0) is 13.1 Å². The van der Waals surface area contributed by atoms with Crippen molar-refractivity contribution in [2.75, 3.05) is 5.32 Å². The van der Waals surface area contributed by atoms with Crippen molar-refractivity contribution in [1.29, 1.82) is 0 Å². The number of hydrogen-bond acceptors (Lipinski definition) is 5. The van der Waals surface area contributed by atoms with Crippen molar-refractivity contribution < 1.29 is 4.79 Å². The van der Waals surface area contributed by atoms with Crippen molar-refractivity contribution in [3.05, 3.63) is 84.2 Å². The molecule has 3 aromatic heterocycles. The van der Waals surface area contributed by atoms with Crippen molar-refractivity contribution in [2.24, 2.45) is 0 Å². The fourth-order valence-corrected chi connectivity index (χ4v) is 2.13. The molecule has 0 saturated carbocycles. The van der Waals surface area contributed by atoms with Crippen LogP contribution in [0.1, 0.15) is 21.7 Å². The number of aromatic nitrogens is 3. The molecule has 2 N–H and O–H groups in total. The van der Waals surface area contributed by atoms with Crippen LogP contribution in [0.5, 0.6) is 0 Å². The molecular weight excluding hydrogens is 302 g/mol. The lowest BCUT2D eigenvalue weighted by Crippen LogP contribution is -2.24. The third kappa shape index (κ3) is 4.36. The van der Waals surface area contributed by atoms with Gasteiger partial charge in [-0.05, 0) is 42.0 Å². The molecule has 0 spiro atoms. The van der Waals surface area contributed by atoms with E-state index in [1.54, 1.807) is 30.9 Å². The van der Waals surface area contributed by atoms with Gasteiger partial charge in [0.2, 0.25) is 0 Å². The van der Waals surface area contributed by atoms with Crippen LogP contribution in [0.4, 0.5) is 5.69 Å². The molecular formula is C18H17N5O. The summed E-state index contributed by atoms with van der Waals surface area (Å²) in [5.74, 6) is -0.229. The summed E-state index contributed by atoms with van der Waals surface area (Å²) in [6.07, 6.45) is 6.81. The lowest BCUT2D eigenvalue weighted by Gasteiger charge is -2.08. The Balaban J connectivity index is 1.59. The third-order valence-electron chi connectivity index (χ3n) is 3.39. The average molecular weight is 319 g/mol. The fourth-order valence-electron chi connectivity index (χ4n) is 2.13. The Morgan fingerprint density at radius 2 is 1.79 bits per heavy atom. The number of nitrogens with one attached hydrogen (secondary N) is 2. The fraction of sp³-hybridized carbons (Fsp3) is 0.111. The van der Waals surface area contributed by atoms with Crippen LogP contribution in [0.2, 0.25) is 0 Å².